The first-order chi connectivity index (χ1) is 9.88. The third kappa shape index (κ3) is 2.82. The zero-order chi connectivity index (χ0) is 13.8. The van der Waals surface area contributed by atoms with Gasteiger partial charge in [0.25, 0.3) is 0 Å². The van der Waals surface area contributed by atoms with Gasteiger partial charge in [-0.1, -0.05) is 36.4 Å². The van der Waals surface area contributed by atoms with E-state index in [4.69, 9.17) is 16.3 Å². The van der Waals surface area contributed by atoms with Crippen molar-refractivity contribution >= 4 is 33.0 Å². The van der Waals surface area contributed by atoms with Crippen LogP contribution in [0.15, 0.2) is 60.0 Å². The van der Waals surface area contributed by atoms with Gasteiger partial charge in [0.2, 0.25) is 0 Å². The van der Waals surface area contributed by atoms with Crippen LogP contribution >= 0.6 is 22.9 Å². The lowest BCUT2D eigenvalue weighted by Crippen LogP contribution is -2.08. The van der Waals surface area contributed by atoms with Crippen LogP contribution in [0.4, 0.5) is 0 Å². The SMILES string of the molecule is ClCC[C@@H](Oc1cccc2sccc12)c1ccccc1. The quantitative estimate of drug-likeness (QED) is 0.553. The number of halogens is 1. The molecule has 0 amide bonds. The van der Waals surface area contributed by atoms with Crippen LogP contribution in [0.1, 0.15) is 18.1 Å². The molecule has 0 aliphatic rings. The highest BCUT2D eigenvalue weighted by Gasteiger charge is 2.14. The predicted octanol–water partition coefficient (Wildman–Crippen LogP) is 5.65. The van der Waals surface area contributed by atoms with E-state index in [2.05, 4.69) is 29.6 Å². The van der Waals surface area contributed by atoms with E-state index in [-0.39, 0.29) is 6.10 Å². The molecule has 3 heteroatoms. The number of hydrogen-bond acceptors (Lipinski definition) is 2. The fraction of sp³-hybridized carbons (Fsp3) is 0.176. The molecule has 1 atom stereocenters. The molecule has 0 saturated heterocycles. The van der Waals surface area contributed by atoms with Crippen molar-refractivity contribution < 1.29 is 4.74 Å². The number of fused-ring (bicyclic) bond motifs is 1. The molecular formula is C17H15ClOS. The summed E-state index contributed by atoms with van der Waals surface area (Å²) < 4.78 is 7.48. The Labute approximate surface area is 127 Å². The summed E-state index contributed by atoms with van der Waals surface area (Å²) in [5.74, 6) is 1.52. The molecule has 0 spiro atoms. The Morgan fingerprint density at radius 1 is 1.00 bits per heavy atom. The molecular weight excluding hydrogens is 288 g/mol. The van der Waals surface area contributed by atoms with Crippen LogP contribution in [-0.4, -0.2) is 5.88 Å². The molecule has 0 aliphatic carbocycles. The number of hydrogen-bond donors (Lipinski definition) is 0. The van der Waals surface area contributed by atoms with E-state index in [1.807, 2.05) is 30.3 Å². The number of rotatable bonds is 5. The molecule has 0 bridgehead atoms. The summed E-state index contributed by atoms with van der Waals surface area (Å²) in [4.78, 5) is 0. The molecule has 0 fully saturated rings. The monoisotopic (exact) mass is 302 g/mol. The van der Waals surface area contributed by atoms with E-state index in [9.17, 15) is 0 Å². The van der Waals surface area contributed by atoms with E-state index in [1.54, 1.807) is 11.3 Å². The third-order valence-electron chi connectivity index (χ3n) is 3.27. The van der Waals surface area contributed by atoms with Crippen LogP contribution in [0, 0.1) is 0 Å². The molecule has 0 aliphatic heterocycles. The number of thiophene rings is 1. The summed E-state index contributed by atoms with van der Waals surface area (Å²) in [7, 11) is 0. The van der Waals surface area contributed by atoms with Gasteiger partial charge < -0.3 is 4.74 Å². The fourth-order valence-electron chi connectivity index (χ4n) is 2.28. The Bertz CT molecular complexity index is 678. The summed E-state index contributed by atoms with van der Waals surface area (Å²) >= 11 is 7.66. The number of alkyl halides is 1. The van der Waals surface area contributed by atoms with Crippen molar-refractivity contribution in [2.24, 2.45) is 0 Å². The van der Waals surface area contributed by atoms with Crippen LogP contribution in [0.5, 0.6) is 5.75 Å². The number of ether oxygens (including phenoxy) is 1. The molecule has 0 radical (unpaired) electrons. The average Bonchev–Trinajstić information content (AvgIpc) is 2.97. The zero-order valence-corrected chi connectivity index (χ0v) is 12.5. The molecule has 1 aromatic heterocycles. The minimum absolute atomic E-state index is 0.000741. The minimum atomic E-state index is -0.000741. The molecule has 3 aromatic rings. The largest absolute Gasteiger partial charge is 0.485 e. The van der Waals surface area contributed by atoms with E-state index < -0.39 is 0 Å². The summed E-state index contributed by atoms with van der Waals surface area (Å²) in [6.07, 6.45) is 0.797. The summed E-state index contributed by atoms with van der Waals surface area (Å²) in [5.41, 5.74) is 1.17. The lowest BCUT2D eigenvalue weighted by atomic mass is 10.1. The minimum Gasteiger partial charge on any atom is -0.485 e. The van der Waals surface area contributed by atoms with Crippen molar-refractivity contribution in [3.63, 3.8) is 0 Å². The Balaban J connectivity index is 1.92. The topological polar surface area (TPSA) is 9.23 Å². The van der Waals surface area contributed by atoms with Crippen LogP contribution in [0.2, 0.25) is 0 Å². The van der Waals surface area contributed by atoms with E-state index in [1.165, 1.54) is 15.6 Å². The Hall–Kier alpha value is -1.51. The van der Waals surface area contributed by atoms with Crippen LogP contribution in [0.3, 0.4) is 0 Å². The van der Waals surface area contributed by atoms with Crippen molar-refractivity contribution in [1.82, 2.24) is 0 Å². The summed E-state index contributed by atoms with van der Waals surface area (Å²) in [5, 5.41) is 3.27. The first kappa shape index (κ1) is 13.5. The molecule has 2 aromatic carbocycles. The number of benzene rings is 2. The van der Waals surface area contributed by atoms with Crippen LogP contribution in [0.25, 0.3) is 10.1 Å². The molecule has 102 valence electrons. The molecule has 1 heterocycles. The van der Waals surface area contributed by atoms with Gasteiger partial charge >= 0.3 is 0 Å². The lowest BCUT2D eigenvalue weighted by molar-refractivity contribution is 0.205. The average molecular weight is 303 g/mol. The van der Waals surface area contributed by atoms with Crippen molar-refractivity contribution in [1.29, 1.82) is 0 Å². The van der Waals surface area contributed by atoms with Gasteiger partial charge in [0, 0.05) is 22.4 Å². The molecule has 0 unspecified atom stereocenters. The zero-order valence-electron chi connectivity index (χ0n) is 11.0. The van der Waals surface area contributed by atoms with Gasteiger partial charge in [-0.15, -0.1) is 22.9 Å². The fourth-order valence-corrected chi connectivity index (χ4v) is 3.28. The first-order valence-electron chi connectivity index (χ1n) is 6.62. The third-order valence-corrected chi connectivity index (χ3v) is 4.37. The highest BCUT2D eigenvalue weighted by atomic mass is 35.5. The molecule has 0 saturated carbocycles. The van der Waals surface area contributed by atoms with Gasteiger partial charge in [-0.25, -0.2) is 0 Å². The normalized spacial score (nSPS) is 12.4. The smallest absolute Gasteiger partial charge is 0.128 e. The van der Waals surface area contributed by atoms with Gasteiger partial charge in [-0.2, -0.15) is 0 Å². The second-order valence-electron chi connectivity index (χ2n) is 4.58. The van der Waals surface area contributed by atoms with E-state index in [0.29, 0.717) is 5.88 Å². The van der Waals surface area contributed by atoms with Crippen molar-refractivity contribution in [2.45, 2.75) is 12.5 Å². The van der Waals surface area contributed by atoms with Crippen LogP contribution < -0.4 is 4.74 Å². The Morgan fingerprint density at radius 3 is 2.65 bits per heavy atom. The first-order valence-corrected chi connectivity index (χ1v) is 8.03. The standard InChI is InChI=1S/C17H15ClOS/c18-11-9-15(13-5-2-1-3-6-13)19-16-7-4-8-17-14(16)10-12-20-17/h1-8,10,12,15H,9,11H2/t15-/m1/s1. The summed E-state index contributed by atoms with van der Waals surface area (Å²) in [6, 6.07) is 18.5. The van der Waals surface area contributed by atoms with Gasteiger partial charge in [0.05, 0.1) is 0 Å². The molecule has 0 N–H and O–H groups in total. The molecule has 3 rings (SSSR count). The molecule has 1 nitrogen and oxygen atoms in total. The van der Waals surface area contributed by atoms with Crippen molar-refractivity contribution in [3.05, 3.63) is 65.5 Å². The highest BCUT2D eigenvalue weighted by Crippen LogP contribution is 2.33. The maximum absolute atomic E-state index is 6.23. The van der Waals surface area contributed by atoms with Gasteiger partial charge in [0.15, 0.2) is 0 Å². The van der Waals surface area contributed by atoms with E-state index in [0.717, 1.165) is 12.2 Å². The highest BCUT2D eigenvalue weighted by molar-refractivity contribution is 7.17. The summed E-state index contributed by atoms with van der Waals surface area (Å²) in [6.45, 7) is 0. The molecule has 20 heavy (non-hydrogen) atoms. The second-order valence-corrected chi connectivity index (χ2v) is 5.91. The second kappa shape index (κ2) is 6.29. The van der Waals surface area contributed by atoms with Gasteiger partial charge in [0.1, 0.15) is 11.9 Å². The van der Waals surface area contributed by atoms with Gasteiger partial charge in [-0.05, 0) is 29.1 Å². The van der Waals surface area contributed by atoms with Crippen molar-refractivity contribution in [2.75, 3.05) is 5.88 Å². The Kier molecular flexibility index (Phi) is 4.24. The van der Waals surface area contributed by atoms with Crippen molar-refractivity contribution in [3.8, 4) is 5.75 Å². The Morgan fingerprint density at radius 2 is 1.85 bits per heavy atom. The predicted molar refractivity (Wildman–Crippen MR) is 87.0 cm³/mol. The maximum Gasteiger partial charge on any atom is 0.128 e. The van der Waals surface area contributed by atoms with E-state index >= 15 is 0 Å². The maximum atomic E-state index is 6.23. The van der Waals surface area contributed by atoms with Gasteiger partial charge in [-0.3, -0.25) is 0 Å². The lowest BCUT2D eigenvalue weighted by Gasteiger charge is -2.19. The van der Waals surface area contributed by atoms with Crippen LogP contribution in [-0.2, 0) is 0 Å².